The van der Waals surface area contributed by atoms with Crippen LogP contribution >= 0.6 is 11.6 Å². The van der Waals surface area contributed by atoms with Gasteiger partial charge in [-0.15, -0.1) is 0 Å². The van der Waals surface area contributed by atoms with Crippen LogP contribution in [0.3, 0.4) is 0 Å². The Morgan fingerprint density at radius 2 is 1.91 bits per heavy atom. The van der Waals surface area contributed by atoms with Gasteiger partial charge in [-0.1, -0.05) is 48.9 Å². The van der Waals surface area contributed by atoms with E-state index in [0.29, 0.717) is 30.0 Å². The number of hydrogen-bond acceptors (Lipinski definition) is 3. The van der Waals surface area contributed by atoms with Crippen molar-refractivity contribution in [3.05, 3.63) is 69.7 Å². The highest BCUT2D eigenvalue weighted by Crippen LogP contribution is 2.28. The minimum absolute atomic E-state index is 0.0526. The summed E-state index contributed by atoms with van der Waals surface area (Å²) in [6, 6.07) is 13.5. The normalized spacial score (nSPS) is 20.1. The van der Waals surface area contributed by atoms with Gasteiger partial charge in [0.2, 0.25) is 15.9 Å². The highest BCUT2D eigenvalue weighted by atomic mass is 35.5. The van der Waals surface area contributed by atoms with E-state index in [0.717, 1.165) is 24.8 Å². The number of nitrogens with zero attached hydrogens (tertiary/aromatic N) is 1. The largest absolute Gasteiger partial charge is 0.349 e. The molecule has 1 fully saturated rings. The molecule has 4 rings (SSSR count). The zero-order valence-corrected chi connectivity index (χ0v) is 20.8. The molecule has 0 radical (unpaired) electrons. The number of benzene rings is 2. The molecule has 1 aliphatic carbocycles. The van der Waals surface area contributed by atoms with Crippen molar-refractivity contribution in [2.45, 2.75) is 63.7 Å². The minimum atomic E-state index is -3.52. The Morgan fingerprint density at radius 3 is 2.67 bits per heavy atom. The molecule has 0 saturated carbocycles. The number of amides is 1. The summed E-state index contributed by atoms with van der Waals surface area (Å²) in [6.07, 6.45) is 6.90. The molecular weight excluding hydrogens is 456 g/mol. The van der Waals surface area contributed by atoms with Crippen molar-refractivity contribution in [2.24, 2.45) is 5.92 Å². The van der Waals surface area contributed by atoms with Gasteiger partial charge >= 0.3 is 0 Å². The summed E-state index contributed by atoms with van der Waals surface area (Å²) in [4.78, 5) is 13.2. The molecule has 1 N–H and O–H groups in total. The third-order valence-corrected chi connectivity index (χ3v) is 8.94. The fourth-order valence-electron chi connectivity index (χ4n) is 5.02. The minimum Gasteiger partial charge on any atom is -0.349 e. The number of carbonyl (C=O) groups excluding carboxylic acids is 1. The lowest BCUT2D eigenvalue weighted by Crippen LogP contribution is -2.46. The van der Waals surface area contributed by atoms with Crippen LogP contribution in [0.4, 0.5) is 0 Å². The molecular formula is C26H33ClN2O3S. The van der Waals surface area contributed by atoms with E-state index in [-0.39, 0.29) is 30.2 Å². The van der Waals surface area contributed by atoms with Crippen LogP contribution in [0.5, 0.6) is 0 Å². The van der Waals surface area contributed by atoms with Crippen molar-refractivity contribution in [3.8, 4) is 0 Å². The lowest BCUT2D eigenvalue weighted by atomic mass is 9.88. The molecule has 1 heterocycles. The second kappa shape index (κ2) is 10.6. The Morgan fingerprint density at radius 1 is 1.12 bits per heavy atom. The van der Waals surface area contributed by atoms with Crippen LogP contribution < -0.4 is 5.32 Å². The third-order valence-electron chi connectivity index (χ3n) is 6.89. The topological polar surface area (TPSA) is 66.5 Å². The summed E-state index contributed by atoms with van der Waals surface area (Å²) in [5, 5.41) is 3.73. The van der Waals surface area contributed by atoms with Crippen molar-refractivity contribution in [3.63, 3.8) is 0 Å². The number of sulfonamides is 1. The fourth-order valence-corrected chi connectivity index (χ4v) is 6.83. The monoisotopic (exact) mass is 488 g/mol. The first kappa shape index (κ1) is 24.2. The van der Waals surface area contributed by atoms with Crippen LogP contribution in [-0.2, 0) is 33.4 Å². The van der Waals surface area contributed by atoms with Crippen LogP contribution in [0, 0.1) is 5.92 Å². The van der Waals surface area contributed by atoms with E-state index >= 15 is 0 Å². The molecule has 178 valence electrons. The Hall–Kier alpha value is -1.89. The summed E-state index contributed by atoms with van der Waals surface area (Å²) in [6.45, 7) is 2.76. The zero-order valence-electron chi connectivity index (χ0n) is 19.2. The molecule has 0 aromatic heterocycles. The van der Waals surface area contributed by atoms with E-state index in [1.807, 2.05) is 0 Å². The first-order valence-corrected chi connectivity index (χ1v) is 14.0. The van der Waals surface area contributed by atoms with Gasteiger partial charge in [-0.3, -0.25) is 4.79 Å². The number of rotatable bonds is 7. The predicted molar refractivity (Wildman–Crippen MR) is 133 cm³/mol. The second-order valence-electron chi connectivity index (χ2n) is 9.29. The molecule has 1 saturated heterocycles. The van der Waals surface area contributed by atoms with Crippen LogP contribution in [0.2, 0.25) is 5.02 Å². The highest BCUT2D eigenvalue weighted by molar-refractivity contribution is 7.88. The maximum Gasteiger partial charge on any atom is 0.224 e. The lowest BCUT2D eigenvalue weighted by molar-refractivity contribution is -0.126. The smallest absolute Gasteiger partial charge is 0.224 e. The molecule has 2 aromatic rings. The van der Waals surface area contributed by atoms with Crippen LogP contribution in [0.1, 0.15) is 67.3 Å². The molecule has 33 heavy (non-hydrogen) atoms. The van der Waals surface area contributed by atoms with Crippen molar-refractivity contribution >= 4 is 27.5 Å². The van der Waals surface area contributed by atoms with Gasteiger partial charge in [0.25, 0.3) is 0 Å². The summed E-state index contributed by atoms with van der Waals surface area (Å²) >= 11 is 6.01. The SMILES string of the molecule is CCC(NC(=O)C1CCCN(S(=O)(=O)Cc2cccc(Cl)c2)C1)c1ccc2c(c1)CCCC2. The van der Waals surface area contributed by atoms with E-state index in [2.05, 4.69) is 30.4 Å². The molecule has 1 aliphatic heterocycles. The summed E-state index contributed by atoms with van der Waals surface area (Å²) in [7, 11) is -3.52. The molecule has 2 aromatic carbocycles. The summed E-state index contributed by atoms with van der Waals surface area (Å²) in [5.74, 6) is -0.490. The van der Waals surface area contributed by atoms with E-state index in [1.165, 1.54) is 28.3 Å². The van der Waals surface area contributed by atoms with Gasteiger partial charge < -0.3 is 5.32 Å². The molecule has 7 heteroatoms. The molecule has 0 spiro atoms. The average molecular weight is 489 g/mol. The fraction of sp³-hybridized carbons (Fsp3) is 0.500. The number of carbonyl (C=O) groups is 1. The molecule has 2 atom stereocenters. The van der Waals surface area contributed by atoms with Gasteiger partial charge in [0, 0.05) is 18.1 Å². The maximum absolute atomic E-state index is 13.2. The highest BCUT2D eigenvalue weighted by Gasteiger charge is 2.33. The van der Waals surface area contributed by atoms with Gasteiger partial charge in [0.15, 0.2) is 0 Å². The standard InChI is InChI=1S/C26H33ClN2O3S/c1-2-25(22-13-12-20-8-3-4-9-21(20)16-22)28-26(30)23-10-6-14-29(17-23)33(31,32)18-19-7-5-11-24(27)15-19/h5,7,11-13,15-16,23,25H,2-4,6,8-10,14,17-18H2,1H3,(H,28,30). The van der Waals surface area contributed by atoms with Gasteiger partial charge in [0.05, 0.1) is 17.7 Å². The van der Waals surface area contributed by atoms with E-state index in [4.69, 9.17) is 11.6 Å². The Kier molecular flexibility index (Phi) is 7.77. The lowest BCUT2D eigenvalue weighted by Gasteiger charge is -2.32. The molecule has 5 nitrogen and oxygen atoms in total. The van der Waals surface area contributed by atoms with Gasteiger partial charge in [-0.25, -0.2) is 12.7 Å². The van der Waals surface area contributed by atoms with Crippen molar-refractivity contribution in [2.75, 3.05) is 13.1 Å². The van der Waals surface area contributed by atoms with Crippen LogP contribution in [0.15, 0.2) is 42.5 Å². The number of hydrogen-bond donors (Lipinski definition) is 1. The molecule has 1 amide bonds. The van der Waals surface area contributed by atoms with E-state index in [1.54, 1.807) is 24.3 Å². The third kappa shape index (κ3) is 5.97. The molecule has 0 bridgehead atoms. The van der Waals surface area contributed by atoms with Crippen molar-refractivity contribution in [1.82, 2.24) is 9.62 Å². The Balaban J connectivity index is 1.41. The van der Waals surface area contributed by atoms with E-state index in [9.17, 15) is 13.2 Å². The number of aryl methyl sites for hydroxylation is 2. The van der Waals surface area contributed by atoms with Gasteiger partial charge in [0.1, 0.15) is 0 Å². The van der Waals surface area contributed by atoms with Crippen molar-refractivity contribution in [1.29, 1.82) is 0 Å². The zero-order chi connectivity index (χ0) is 23.4. The first-order chi connectivity index (χ1) is 15.9. The predicted octanol–water partition coefficient (Wildman–Crippen LogP) is 5.03. The number of piperidine rings is 1. The van der Waals surface area contributed by atoms with Crippen LogP contribution in [-0.4, -0.2) is 31.7 Å². The van der Waals surface area contributed by atoms with Crippen molar-refractivity contribution < 1.29 is 13.2 Å². The number of halogens is 1. The first-order valence-electron chi connectivity index (χ1n) is 12.0. The Labute approximate surface area is 202 Å². The van der Waals surface area contributed by atoms with Crippen LogP contribution in [0.25, 0.3) is 0 Å². The second-order valence-corrected chi connectivity index (χ2v) is 11.7. The Bertz CT molecular complexity index is 1100. The quantitative estimate of drug-likeness (QED) is 0.594. The number of nitrogens with one attached hydrogen (secondary N) is 1. The van der Waals surface area contributed by atoms with E-state index < -0.39 is 10.0 Å². The molecule has 2 aliphatic rings. The summed E-state index contributed by atoms with van der Waals surface area (Å²) in [5.41, 5.74) is 4.64. The maximum atomic E-state index is 13.2. The number of fused-ring (bicyclic) bond motifs is 1. The summed E-state index contributed by atoms with van der Waals surface area (Å²) < 4.78 is 27.5. The molecule has 2 unspecified atom stereocenters. The van der Waals surface area contributed by atoms with Gasteiger partial charge in [-0.2, -0.15) is 0 Å². The van der Waals surface area contributed by atoms with Gasteiger partial charge in [-0.05, 0) is 79.3 Å². The average Bonchev–Trinajstić information content (AvgIpc) is 2.82.